The number of ketones is 1. The second-order valence-corrected chi connectivity index (χ2v) is 15.5. The van der Waals surface area contributed by atoms with Crippen LogP contribution in [0.2, 0.25) is 0 Å². The minimum atomic E-state index is -1.50. The van der Waals surface area contributed by atoms with E-state index in [1.54, 1.807) is 9.80 Å². The maximum absolute atomic E-state index is 14.9. The Morgan fingerprint density at radius 2 is 1.75 bits per heavy atom. The number of hydrogen-bond donors (Lipinski definition) is 6. The Labute approximate surface area is 284 Å². The summed E-state index contributed by atoms with van der Waals surface area (Å²) in [6.45, 7) is 13.7. The fourth-order valence-electron chi connectivity index (χ4n) is 8.00. The molecule has 0 radical (unpaired) electrons. The van der Waals surface area contributed by atoms with Gasteiger partial charge in [0.2, 0.25) is 23.5 Å². The smallest absolute Gasteiger partial charge is 0.289 e. The summed E-state index contributed by atoms with van der Waals surface area (Å²) in [5.74, 6) is -2.60. The first-order valence-corrected chi connectivity index (χ1v) is 17.5. The molecule has 4 amide bonds. The normalized spacial score (nSPS) is 25.6. The summed E-state index contributed by atoms with van der Waals surface area (Å²) in [4.78, 5) is 72.2. The Kier molecular flexibility index (Phi) is 11.7. The molecule has 2 saturated carbocycles. The van der Waals surface area contributed by atoms with Crippen LogP contribution >= 0.6 is 0 Å². The molecular formula is C35H55N7O6. The number of nitrogens with one attached hydrogen (secondary N) is 5. The van der Waals surface area contributed by atoms with Crippen molar-refractivity contribution in [1.29, 1.82) is 10.8 Å². The third-order valence-electron chi connectivity index (χ3n) is 10.7. The summed E-state index contributed by atoms with van der Waals surface area (Å²) in [5, 5.41) is 34.1. The van der Waals surface area contributed by atoms with Crippen LogP contribution in [0.5, 0.6) is 0 Å². The molecule has 4 aliphatic rings. The molecular weight excluding hydrogens is 614 g/mol. The zero-order valence-electron chi connectivity index (χ0n) is 29.1. The van der Waals surface area contributed by atoms with Crippen LogP contribution in [-0.4, -0.2) is 105 Å². The second kappa shape index (κ2) is 15.0. The van der Waals surface area contributed by atoms with Gasteiger partial charge in [-0.25, -0.2) is 0 Å². The molecule has 13 nitrogen and oxygen atoms in total. The third kappa shape index (κ3) is 7.56. The average molecular weight is 670 g/mol. The maximum Gasteiger partial charge on any atom is 0.289 e. The molecule has 2 aliphatic carbocycles. The Morgan fingerprint density at radius 1 is 1.10 bits per heavy atom. The van der Waals surface area contributed by atoms with Gasteiger partial charge in [0.15, 0.2) is 0 Å². The SMILES string of the molecule is C=CCNC(=O)C(=O)C(CC1CC1)NC(=O)[C@@H]1[C@@H](C(C)C)CCN1C(=O)[C@@H](N1C(=O)[C@@H](NC(O)C(=N)C=N)C12CCCCC2)C(C)(C)C. The predicted octanol–water partition coefficient (Wildman–Crippen LogP) is 1.92. The van der Waals surface area contributed by atoms with Gasteiger partial charge in [0, 0.05) is 19.3 Å². The molecule has 2 unspecified atom stereocenters. The number of carbonyl (C=O) groups is 5. The number of aliphatic hydroxyl groups is 1. The molecule has 0 bridgehead atoms. The largest absolute Gasteiger partial charge is 0.373 e. The van der Waals surface area contributed by atoms with Crippen LogP contribution in [0, 0.1) is 34.0 Å². The highest BCUT2D eigenvalue weighted by Gasteiger charge is 2.65. The van der Waals surface area contributed by atoms with Crippen LogP contribution < -0.4 is 16.0 Å². The standard InChI is InChI=1S/C35H55N7O6/c1-7-16-38-31(46)26(43)24(18-21-11-12-21)39-30(45)25-22(20(2)3)13-17-41(25)33(48)28(34(4,5)6)42-32(47)27(40-29(44)23(37)19-36)35(42)14-9-8-10-15-35/h7,19-22,24-25,27-29,36-37,40,44H,1,8-18H2,2-6H3,(H,38,46)(H,39,45)/t22-,24?,25+,27-,28-,29?/m1/s1. The number of likely N-dealkylation sites (tertiary alicyclic amines) is 2. The van der Waals surface area contributed by atoms with Crippen molar-refractivity contribution in [2.75, 3.05) is 13.1 Å². The summed E-state index contributed by atoms with van der Waals surface area (Å²) in [6.07, 6.45) is 7.32. The second-order valence-electron chi connectivity index (χ2n) is 15.5. The molecule has 0 aromatic carbocycles. The molecule has 2 saturated heterocycles. The van der Waals surface area contributed by atoms with E-state index >= 15 is 0 Å². The fraction of sp³-hybridized carbons (Fsp3) is 0.743. The highest BCUT2D eigenvalue weighted by Crippen LogP contribution is 2.49. The lowest BCUT2D eigenvalue weighted by atomic mass is 9.65. The van der Waals surface area contributed by atoms with E-state index in [0.717, 1.165) is 38.3 Å². The van der Waals surface area contributed by atoms with Crippen LogP contribution in [0.15, 0.2) is 12.7 Å². The van der Waals surface area contributed by atoms with Crippen molar-refractivity contribution in [1.82, 2.24) is 25.8 Å². The van der Waals surface area contributed by atoms with Gasteiger partial charge in [-0.05, 0) is 48.9 Å². The summed E-state index contributed by atoms with van der Waals surface area (Å²) in [5.41, 5.74) is -1.87. The van der Waals surface area contributed by atoms with Gasteiger partial charge in [-0.15, -0.1) is 6.58 Å². The fourth-order valence-corrected chi connectivity index (χ4v) is 8.00. The minimum Gasteiger partial charge on any atom is -0.373 e. The molecule has 6 atom stereocenters. The molecule has 0 aromatic heterocycles. The molecule has 0 aromatic rings. The van der Waals surface area contributed by atoms with Crippen LogP contribution in [0.4, 0.5) is 0 Å². The van der Waals surface area contributed by atoms with E-state index in [-0.39, 0.29) is 41.8 Å². The lowest BCUT2D eigenvalue weighted by Gasteiger charge is -2.64. The predicted molar refractivity (Wildman–Crippen MR) is 181 cm³/mol. The quantitative estimate of drug-likeness (QED) is 0.0504. The van der Waals surface area contributed by atoms with E-state index in [9.17, 15) is 29.1 Å². The first kappa shape index (κ1) is 37.4. The van der Waals surface area contributed by atoms with Crippen LogP contribution in [-0.2, 0) is 24.0 Å². The summed E-state index contributed by atoms with van der Waals surface area (Å²) in [6, 6.07) is -3.65. The number of nitrogens with zero attached hydrogens (tertiary/aromatic N) is 2. The summed E-state index contributed by atoms with van der Waals surface area (Å²) in [7, 11) is 0. The lowest BCUT2D eigenvalue weighted by Crippen LogP contribution is -2.84. The van der Waals surface area contributed by atoms with Gasteiger partial charge in [-0.1, -0.05) is 72.8 Å². The molecule has 4 rings (SSSR count). The first-order valence-electron chi connectivity index (χ1n) is 17.5. The summed E-state index contributed by atoms with van der Waals surface area (Å²) >= 11 is 0. The first-order chi connectivity index (χ1) is 22.6. The Hall–Kier alpha value is -3.45. The summed E-state index contributed by atoms with van der Waals surface area (Å²) < 4.78 is 0. The highest BCUT2D eigenvalue weighted by molar-refractivity contribution is 6.38. The van der Waals surface area contributed by atoms with Gasteiger partial charge in [-0.3, -0.25) is 34.7 Å². The molecule has 2 heterocycles. The van der Waals surface area contributed by atoms with E-state index in [4.69, 9.17) is 10.8 Å². The van der Waals surface area contributed by atoms with E-state index in [1.807, 2.05) is 34.6 Å². The zero-order valence-corrected chi connectivity index (χ0v) is 29.1. The van der Waals surface area contributed by atoms with E-state index < -0.39 is 58.9 Å². The Balaban J connectivity index is 1.65. The number of carbonyl (C=O) groups excluding carboxylic acids is 5. The molecule has 1 spiro atoms. The topological polar surface area (TPSA) is 196 Å². The number of β-lactam (4-membered cyclic amide) rings is 1. The molecule has 4 fully saturated rings. The van der Waals surface area contributed by atoms with Crippen molar-refractivity contribution < 1.29 is 29.1 Å². The van der Waals surface area contributed by atoms with Gasteiger partial charge in [0.25, 0.3) is 5.91 Å². The number of aliphatic hydroxyl groups excluding tert-OH is 1. The van der Waals surface area contributed by atoms with Gasteiger partial charge in [0.1, 0.15) is 24.4 Å². The van der Waals surface area contributed by atoms with Gasteiger partial charge < -0.3 is 30.9 Å². The van der Waals surface area contributed by atoms with Crippen molar-refractivity contribution in [3.05, 3.63) is 12.7 Å². The van der Waals surface area contributed by atoms with Gasteiger partial charge in [0.05, 0.1) is 17.3 Å². The number of amides is 4. The van der Waals surface area contributed by atoms with Crippen molar-refractivity contribution in [2.45, 2.75) is 128 Å². The third-order valence-corrected chi connectivity index (χ3v) is 10.7. The van der Waals surface area contributed by atoms with Crippen LogP contribution in [0.3, 0.4) is 0 Å². The van der Waals surface area contributed by atoms with Crippen molar-refractivity contribution >= 4 is 41.3 Å². The van der Waals surface area contributed by atoms with E-state index in [2.05, 4.69) is 22.5 Å². The van der Waals surface area contributed by atoms with Gasteiger partial charge in [-0.2, -0.15) is 0 Å². The van der Waals surface area contributed by atoms with Crippen molar-refractivity contribution in [2.24, 2.45) is 23.2 Å². The molecule has 13 heteroatoms. The zero-order chi connectivity index (χ0) is 35.6. The Morgan fingerprint density at radius 3 is 2.29 bits per heavy atom. The molecule has 266 valence electrons. The van der Waals surface area contributed by atoms with E-state index in [0.29, 0.717) is 32.2 Å². The molecule has 2 aliphatic heterocycles. The average Bonchev–Trinajstić information content (AvgIpc) is 3.75. The molecule has 6 N–H and O–H groups in total. The maximum atomic E-state index is 14.9. The number of rotatable bonds is 15. The van der Waals surface area contributed by atoms with E-state index in [1.165, 1.54) is 6.08 Å². The number of Topliss-reactive ketones (excluding diaryl/α,β-unsaturated/α-hetero) is 1. The lowest BCUT2D eigenvalue weighted by molar-refractivity contribution is -0.189. The monoisotopic (exact) mass is 669 g/mol. The van der Waals surface area contributed by atoms with Gasteiger partial charge >= 0.3 is 0 Å². The minimum absolute atomic E-state index is 0.0367. The van der Waals surface area contributed by atoms with Crippen LogP contribution in [0.25, 0.3) is 0 Å². The number of hydrogen-bond acceptors (Lipinski definition) is 9. The van der Waals surface area contributed by atoms with Crippen molar-refractivity contribution in [3.8, 4) is 0 Å². The Bertz CT molecular complexity index is 1300. The van der Waals surface area contributed by atoms with Crippen LogP contribution in [0.1, 0.15) is 92.4 Å². The molecule has 48 heavy (non-hydrogen) atoms. The highest BCUT2D eigenvalue weighted by atomic mass is 16.3. The van der Waals surface area contributed by atoms with Crippen molar-refractivity contribution in [3.63, 3.8) is 0 Å².